The zero-order valence-electron chi connectivity index (χ0n) is 11.0. The van der Waals surface area contributed by atoms with Crippen LogP contribution in [0.2, 0.25) is 0 Å². The lowest BCUT2D eigenvalue weighted by molar-refractivity contribution is -0.120. The molecule has 2 aliphatic rings. The lowest BCUT2D eigenvalue weighted by Crippen LogP contribution is -2.40. The molecule has 96 valence electrons. The van der Waals surface area contributed by atoms with Gasteiger partial charge in [-0.05, 0) is 36.8 Å². The number of amides is 1. The van der Waals surface area contributed by atoms with E-state index in [4.69, 9.17) is 4.74 Å². The van der Waals surface area contributed by atoms with Crippen molar-refractivity contribution in [1.29, 1.82) is 0 Å². The summed E-state index contributed by atoms with van der Waals surface area (Å²) in [5, 5.41) is 0. The average molecular weight is 245 g/mol. The summed E-state index contributed by atoms with van der Waals surface area (Å²) in [4.78, 5) is 14.3. The second kappa shape index (κ2) is 4.30. The SMILES string of the molecule is COc1ccc2c(c1)N(C(=O)C1CC1)CC(C)C2. The van der Waals surface area contributed by atoms with Gasteiger partial charge in [-0.1, -0.05) is 13.0 Å². The van der Waals surface area contributed by atoms with E-state index in [0.29, 0.717) is 11.8 Å². The molecule has 0 bridgehead atoms. The summed E-state index contributed by atoms with van der Waals surface area (Å²) < 4.78 is 5.27. The van der Waals surface area contributed by atoms with Gasteiger partial charge in [0, 0.05) is 18.5 Å². The topological polar surface area (TPSA) is 29.5 Å². The van der Waals surface area contributed by atoms with Crippen molar-refractivity contribution in [2.45, 2.75) is 26.2 Å². The van der Waals surface area contributed by atoms with Crippen LogP contribution in [0.4, 0.5) is 5.69 Å². The maximum atomic E-state index is 12.4. The maximum Gasteiger partial charge on any atom is 0.230 e. The molecule has 3 nitrogen and oxygen atoms in total. The van der Waals surface area contributed by atoms with Gasteiger partial charge in [-0.2, -0.15) is 0 Å². The van der Waals surface area contributed by atoms with Crippen molar-refractivity contribution in [1.82, 2.24) is 0 Å². The highest BCUT2D eigenvalue weighted by Crippen LogP contribution is 2.38. The number of methoxy groups -OCH3 is 1. The molecule has 0 spiro atoms. The van der Waals surface area contributed by atoms with E-state index in [1.807, 2.05) is 17.0 Å². The number of nitrogens with zero attached hydrogens (tertiary/aromatic N) is 1. The van der Waals surface area contributed by atoms with Crippen LogP contribution in [0, 0.1) is 11.8 Å². The summed E-state index contributed by atoms with van der Waals surface area (Å²) in [6, 6.07) is 6.08. The van der Waals surface area contributed by atoms with E-state index in [0.717, 1.165) is 37.2 Å². The summed E-state index contributed by atoms with van der Waals surface area (Å²) in [5.74, 6) is 1.94. The lowest BCUT2D eigenvalue weighted by atomic mass is 9.93. The number of rotatable bonds is 2. The zero-order valence-corrected chi connectivity index (χ0v) is 11.0. The lowest BCUT2D eigenvalue weighted by Gasteiger charge is -2.33. The molecule has 1 aromatic rings. The molecule has 3 rings (SSSR count). The van der Waals surface area contributed by atoms with Crippen molar-refractivity contribution >= 4 is 11.6 Å². The van der Waals surface area contributed by atoms with E-state index in [1.165, 1.54) is 5.56 Å². The number of carbonyl (C=O) groups is 1. The van der Waals surface area contributed by atoms with Crippen molar-refractivity contribution in [3.05, 3.63) is 23.8 Å². The first-order chi connectivity index (χ1) is 8.69. The largest absolute Gasteiger partial charge is 0.497 e. The minimum atomic E-state index is 0.273. The highest BCUT2D eigenvalue weighted by molar-refractivity contribution is 5.97. The minimum absolute atomic E-state index is 0.273. The van der Waals surface area contributed by atoms with Crippen LogP contribution in [0.1, 0.15) is 25.3 Å². The molecule has 1 aliphatic carbocycles. The van der Waals surface area contributed by atoms with Gasteiger partial charge < -0.3 is 9.64 Å². The van der Waals surface area contributed by atoms with E-state index in [-0.39, 0.29) is 5.92 Å². The van der Waals surface area contributed by atoms with Gasteiger partial charge in [0.2, 0.25) is 5.91 Å². The van der Waals surface area contributed by atoms with Crippen LogP contribution < -0.4 is 9.64 Å². The van der Waals surface area contributed by atoms with Crippen molar-refractivity contribution in [2.75, 3.05) is 18.6 Å². The Morgan fingerprint density at radius 2 is 2.17 bits per heavy atom. The molecule has 1 aromatic carbocycles. The Balaban J connectivity index is 1.98. The fraction of sp³-hybridized carbons (Fsp3) is 0.533. The molecule has 0 saturated heterocycles. The Morgan fingerprint density at radius 1 is 1.39 bits per heavy atom. The van der Waals surface area contributed by atoms with Gasteiger partial charge in [0.1, 0.15) is 5.75 Å². The Bertz CT molecular complexity index is 479. The smallest absolute Gasteiger partial charge is 0.230 e. The predicted octanol–water partition coefficient (Wildman–Crippen LogP) is 2.63. The van der Waals surface area contributed by atoms with E-state index < -0.39 is 0 Å². The Labute approximate surface area is 108 Å². The van der Waals surface area contributed by atoms with E-state index in [2.05, 4.69) is 13.0 Å². The van der Waals surface area contributed by atoms with Crippen LogP contribution in [0.3, 0.4) is 0 Å². The normalized spacial score (nSPS) is 22.6. The summed E-state index contributed by atoms with van der Waals surface area (Å²) in [5.41, 5.74) is 2.33. The first-order valence-electron chi connectivity index (χ1n) is 6.67. The van der Waals surface area contributed by atoms with Crippen molar-refractivity contribution in [3.8, 4) is 5.75 Å². The molecular weight excluding hydrogens is 226 g/mol. The second-order valence-electron chi connectivity index (χ2n) is 5.53. The number of hydrogen-bond donors (Lipinski definition) is 0. The molecule has 1 unspecified atom stereocenters. The van der Waals surface area contributed by atoms with Gasteiger partial charge in [0.05, 0.1) is 12.8 Å². The van der Waals surface area contributed by atoms with Crippen LogP contribution >= 0.6 is 0 Å². The van der Waals surface area contributed by atoms with Gasteiger partial charge in [-0.3, -0.25) is 4.79 Å². The first kappa shape index (κ1) is 11.6. The number of ether oxygens (including phenoxy) is 1. The fourth-order valence-electron chi connectivity index (χ4n) is 2.70. The van der Waals surface area contributed by atoms with Gasteiger partial charge in [-0.15, -0.1) is 0 Å². The van der Waals surface area contributed by atoms with Crippen LogP contribution in [-0.4, -0.2) is 19.6 Å². The molecule has 0 aromatic heterocycles. The number of hydrogen-bond acceptors (Lipinski definition) is 2. The monoisotopic (exact) mass is 245 g/mol. The molecule has 1 fully saturated rings. The third-order valence-corrected chi connectivity index (χ3v) is 3.84. The molecule has 1 heterocycles. The van der Waals surface area contributed by atoms with Crippen molar-refractivity contribution in [3.63, 3.8) is 0 Å². The first-order valence-corrected chi connectivity index (χ1v) is 6.67. The van der Waals surface area contributed by atoms with Crippen LogP contribution in [0.15, 0.2) is 18.2 Å². The van der Waals surface area contributed by atoms with E-state index in [1.54, 1.807) is 7.11 Å². The number of carbonyl (C=O) groups excluding carboxylic acids is 1. The summed E-state index contributed by atoms with van der Waals surface area (Å²) in [6.07, 6.45) is 3.17. The van der Waals surface area contributed by atoms with Crippen LogP contribution in [-0.2, 0) is 11.2 Å². The Morgan fingerprint density at radius 3 is 2.83 bits per heavy atom. The van der Waals surface area contributed by atoms with Crippen LogP contribution in [0.25, 0.3) is 0 Å². The summed E-state index contributed by atoms with van der Waals surface area (Å²) in [6.45, 7) is 3.05. The molecule has 1 amide bonds. The highest BCUT2D eigenvalue weighted by Gasteiger charge is 2.36. The van der Waals surface area contributed by atoms with Crippen molar-refractivity contribution < 1.29 is 9.53 Å². The third-order valence-electron chi connectivity index (χ3n) is 3.84. The molecule has 3 heteroatoms. The Hall–Kier alpha value is -1.51. The molecule has 18 heavy (non-hydrogen) atoms. The van der Waals surface area contributed by atoms with E-state index in [9.17, 15) is 4.79 Å². The van der Waals surface area contributed by atoms with Gasteiger partial charge in [0.15, 0.2) is 0 Å². The van der Waals surface area contributed by atoms with Crippen molar-refractivity contribution in [2.24, 2.45) is 11.8 Å². The standard InChI is InChI=1S/C15H19NO2/c1-10-7-12-5-6-13(18-2)8-14(12)16(9-10)15(17)11-3-4-11/h5-6,8,10-11H,3-4,7,9H2,1-2H3. The molecule has 1 saturated carbocycles. The zero-order chi connectivity index (χ0) is 12.7. The highest BCUT2D eigenvalue weighted by atomic mass is 16.5. The molecule has 0 N–H and O–H groups in total. The number of anilines is 1. The molecular formula is C15H19NO2. The molecule has 1 atom stereocenters. The van der Waals surface area contributed by atoms with Gasteiger partial charge >= 0.3 is 0 Å². The molecule has 0 radical (unpaired) electrons. The third kappa shape index (κ3) is 1.98. The average Bonchev–Trinajstić information content (AvgIpc) is 3.20. The summed E-state index contributed by atoms with van der Waals surface area (Å²) in [7, 11) is 1.67. The van der Waals surface area contributed by atoms with Gasteiger partial charge in [0.25, 0.3) is 0 Å². The quantitative estimate of drug-likeness (QED) is 0.801. The maximum absolute atomic E-state index is 12.4. The second-order valence-corrected chi connectivity index (χ2v) is 5.53. The van der Waals surface area contributed by atoms with E-state index >= 15 is 0 Å². The predicted molar refractivity (Wildman–Crippen MR) is 70.9 cm³/mol. The minimum Gasteiger partial charge on any atom is -0.497 e. The van der Waals surface area contributed by atoms with Gasteiger partial charge in [-0.25, -0.2) is 0 Å². The number of fused-ring (bicyclic) bond motifs is 1. The molecule has 1 aliphatic heterocycles. The van der Waals surface area contributed by atoms with Crippen LogP contribution in [0.5, 0.6) is 5.75 Å². The fourth-order valence-corrected chi connectivity index (χ4v) is 2.70. The number of benzene rings is 1. The summed E-state index contributed by atoms with van der Waals surface area (Å²) >= 11 is 0. The Kier molecular flexibility index (Phi) is 2.77.